The summed E-state index contributed by atoms with van der Waals surface area (Å²) in [7, 11) is 1.87. The summed E-state index contributed by atoms with van der Waals surface area (Å²) in [5, 5.41) is 13.1. The monoisotopic (exact) mass is 260 g/mol. The van der Waals surface area contributed by atoms with Crippen LogP contribution in [0.1, 0.15) is 18.9 Å². The van der Waals surface area contributed by atoms with Crippen LogP contribution in [0, 0.1) is 0 Å². The van der Waals surface area contributed by atoms with E-state index in [2.05, 4.69) is 34.3 Å². The van der Waals surface area contributed by atoms with Crippen LogP contribution in [0.4, 0.5) is 5.13 Å². The van der Waals surface area contributed by atoms with Gasteiger partial charge < -0.3 is 10.2 Å². The van der Waals surface area contributed by atoms with E-state index in [1.807, 2.05) is 18.8 Å². The maximum absolute atomic E-state index is 4.12. The summed E-state index contributed by atoms with van der Waals surface area (Å²) in [6.45, 7) is 7.85. The van der Waals surface area contributed by atoms with Crippen molar-refractivity contribution in [2.45, 2.75) is 19.6 Å². The van der Waals surface area contributed by atoms with Crippen LogP contribution in [0.15, 0.2) is 0 Å². The molecule has 0 spiro atoms. The van der Waals surface area contributed by atoms with Gasteiger partial charge in [0, 0.05) is 25.1 Å². The number of nitrogens with zero attached hydrogens (tertiary/aromatic N) is 3. The first-order valence-corrected chi connectivity index (χ1v) is 7.57. The summed E-state index contributed by atoms with van der Waals surface area (Å²) in [6.07, 6.45) is 0. The predicted molar refractivity (Wildman–Crippen MR) is 73.4 cm³/mol. The molecule has 0 saturated carbocycles. The van der Waals surface area contributed by atoms with Gasteiger partial charge in [0.2, 0.25) is 5.13 Å². The summed E-state index contributed by atoms with van der Waals surface area (Å²) in [5.41, 5.74) is 0. The number of anilines is 1. The van der Waals surface area contributed by atoms with Gasteiger partial charge in [-0.05, 0) is 13.1 Å². The molecule has 0 aliphatic heterocycles. The van der Waals surface area contributed by atoms with E-state index in [0.717, 1.165) is 41.3 Å². The molecular formula is C10H20N4S2. The Kier molecular flexibility index (Phi) is 6.75. The Morgan fingerprint density at radius 1 is 1.31 bits per heavy atom. The van der Waals surface area contributed by atoms with Crippen molar-refractivity contribution in [3.8, 4) is 0 Å². The third-order valence-corrected chi connectivity index (χ3v) is 4.42. The average Bonchev–Trinajstić information content (AvgIpc) is 2.77. The largest absolute Gasteiger partial charge is 0.363 e. The van der Waals surface area contributed by atoms with E-state index in [-0.39, 0.29) is 0 Å². The Balaban J connectivity index is 2.15. The van der Waals surface area contributed by atoms with Gasteiger partial charge >= 0.3 is 0 Å². The minimum absolute atomic E-state index is 0.902. The van der Waals surface area contributed by atoms with Crippen LogP contribution in [0.2, 0.25) is 0 Å². The molecule has 16 heavy (non-hydrogen) atoms. The van der Waals surface area contributed by atoms with Gasteiger partial charge in [-0.2, -0.15) is 11.8 Å². The highest BCUT2D eigenvalue weighted by Crippen LogP contribution is 2.19. The van der Waals surface area contributed by atoms with Gasteiger partial charge in [0.05, 0.1) is 0 Å². The molecular weight excluding hydrogens is 240 g/mol. The molecule has 0 saturated heterocycles. The van der Waals surface area contributed by atoms with Gasteiger partial charge in [-0.1, -0.05) is 25.2 Å². The van der Waals surface area contributed by atoms with E-state index in [0.29, 0.717) is 0 Å². The van der Waals surface area contributed by atoms with Gasteiger partial charge in [0.25, 0.3) is 0 Å². The maximum atomic E-state index is 4.12. The number of aromatic nitrogens is 2. The van der Waals surface area contributed by atoms with E-state index < -0.39 is 0 Å². The Morgan fingerprint density at radius 3 is 2.62 bits per heavy atom. The summed E-state index contributed by atoms with van der Waals surface area (Å²) in [4.78, 5) is 2.44. The summed E-state index contributed by atoms with van der Waals surface area (Å²) in [6, 6.07) is 0. The molecule has 92 valence electrons. The van der Waals surface area contributed by atoms with E-state index in [9.17, 15) is 0 Å². The molecule has 1 rings (SSSR count). The summed E-state index contributed by atoms with van der Waals surface area (Å²) < 4.78 is 0. The molecule has 0 bridgehead atoms. The average molecular weight is 260 g/mol. The molecule has 0 fully saturated rings. The minimum atomic E-state index is 0.902. The second-order valence-corrected chi connectivity index (χ2v) is 5.50. The maximum Gasteiger partial charge on any atom is 0.205 e. The molecule has 4 nitrogen and oxygen atoms in total. The fourth-order valence-electron chi connectivity index (χ4n) is 1.31. The Bertz CT molecular complexity index is 286. The van der Waals surface area contributed by atoms with E-state index in [1.165, 1.54) is 0 Å². The van der Waals surface area contributed by atoms with E-state index in [1.54, 1.807) is 11.3 Å². The van der Waals surface area contributed by atoms with Gasteiger partial charge in [-0.15, -0.1) is 10.2 Å². The van der Waals surface area contributed by atoms with Crippen LogP contribution in [0.25, 0.3) is 0 Å². The third-order valence-electron chi connectivity index (χ3n) is 2.35. The number of nitrogens with one attached hydrogen (secondary N) is 1. The molecule has 0 radical (unpaired) electrons. The lowest BCUT2D eigenvalue weighted by molar-refractivity contribution is 0.324. The Labute approximate surface area is 106 Å². The smallest absolute Gasteiger partial charge is 0.205 e. The standard InChI is InChI=1S/C10H20N4S2/c1-4-14(5-2)6-7-15-8-9-12-13-10(11-3)16-9/h4-8H2,1-3H3,(H,11,13). The fourth-order valence-corrected chi connectivity index (χ4v) is 3.04. The van der Waals surface area contributed by atoms with Crippen molar-refractivity contribution in [3.05, 3.63) is 5.01 Å². The van der Waals surface area contributed by atoms with Crippen LogP contribution >= 0.6 is 23.1 Å². The van der Waals surface area contributed by atoms with Crippen molar-refractivity contribution in [2.24, 2.45) is 0 Å². The number of rotatable bonds is 8. The van der Waals surface area contributed by atoms with Crippen molar-refractivity contribution < 1.29 is 0 Å². The lowest BCUT2D eigenvalue weighted by atomic mass is 10.5. The van der Waals surface area contributed by atoms with Crippen molar-refractivity contribution in [1.82, 2.24) is 15.1 Å². The Morgan fingerprint density at radius 2 is 2.06 bits per heavy atom. The quantitative estimate of drug-likeness (QED) is 0.725. The van der Waals surface area contributed by atoms with E-state index >= 15 is 0 Å². The molecule has 0 amide bonds. The first-order chi connectivity index (χ1) is 7.80. The molecule has 1 aromatic heterocycles. The van der Waals surface area contributed by atoms with Crippen LogP contribution in [-0.2, 0) is 5.75 Å². The van der Waals surface area contributed by atoms with Crippen molar-refractivity contribution in [3.63, 3.8) is 0 Å². The molecule has 0 unspecified atom stereocenters. The van der Waals surface area contributed by atoms with Crippen LogP contribution in [0.3, 0.4) is 0 Å². The first-order valence-electron chi connectivity index (χ1n) is 5.60. The van der Waals surface area contributed by atoms with Crippen molar-refractivity contribution in [2.75, 3.05) is 37.8 Å². The fraction of sp³-hybridized carbons (Fsp3) is 0.800. The molecule has 0 aliphatic carbocycles. The van der Waals surface area contributed by atoms with Crippen molar-refractivity contribution in [1.29, 1.82) is 0 Å². The minimum Gasteiger partial charge on any atom is -0.363 e. The van der Waals surface area contributed by atoms with Crippen LogP contribution in [0.5, 0.6) is 0 Å². The van der Waals surface area contributed by atoms with Gasteiger partial charge in [0.15, 0.2) is 0 Å². The first kappa shape index (κ1) is 13.7. The van der Waals surface area contributed by atoms with Gasteiger partial charge in [-0.25, -0.2) is 0 Å². The van der Waals surface area contributed by atoms with Gasteiger partial charge in [-0.3, -0.25) is 0 Å². The second kappa shape index (κ2) is 7.86. The van der Waals surface area contributed by atoms with Crippen LogP contribution < -0.4 is 5.32 Å². The van der Waals surface area contributed by atoms with Crippen LogP contribution in [-0.4, -0.2) is 47.5 Å². The molecule has 0 atom stereocenters. The molecule has 0 aromatic carbocycles. The Hall–Kier alpha value is -0.330. The van der Waals surface area contributed by atoms with Crippen molar-refractivity contribution >= 4 is 28.2 Å². The number of hydrogen-bond acceptors (Lipinski definition) is 6. The highest BCUT2D eigenvalue weighted by atomic mass is 32.2. The zero-order valence-corrected chi connectivity index (χ0v) is 11.8. The van der Waals surface area contributed by atoms with Gasteiger partial charge in [0.1, 0.15) is 5.01 Å². The summed E-state index contributed by atoms with van der Waals surface area (Å²) in [5.74, 6) is 2.14. The predicted octanol–water partition coefficient (Wildman–Crippen LogP) is 2.15. The highest BCUT2D eigenvalue weighted by molar-refractivity contribution is 7.98. The molecule has 1 aromatic rings. The molecule has 0 aliphatic rings. The lowest BCUT2D eigenvalue weighted by Gasteiger charge is -2.16. The topological polar surface area (TPSA) is 41.1 Å². The zero-order chi connectivity index (χ0) is 11.8. The SMILES string of the molecule is CCN(CC)CCSCc1nnc(NC)s1. The number of thioether (sulfide) groups is 1. The molecule has 6 heteroatoms. The van der Waals surface area contributed by atoms with E-state index in [4.69, 9.17) is 0 Å². The zero-order valence-electron chi connectivity index (χ0n) is 10.2. The normalized spacial score (nSPS) is 11.0. The molecule has 1 heterocycles. The number of hydrogen-bond donors (Lipinski definition) is 1. The second-order valence-electron chi connectivity index (χ2n) is 3.33. The highest BCUT2D eigenvalue weighted by Gasteiger charge is 2.03. The lowest BCUT2D eigenvalue weighted by Crippen LogP contribution is -2.25. The summed E-state index contributed by atoms with van der Waals surface area (Å²) >= 11 is 3.56. The third kappa shape index (κ3) is 4.67. The molecule has 1 N–H and O–H groups in total.